The van der Waals surface area contributed by atoms with Crippen molar-refractivity contribution in [1.82, 2.24) is 4.59 Å². The molecule has 5 heteroatoms. The number of carbonyl (C=O) groups excluding carboxylic acids is 1. The molecule has 0 unspecified atom stereocenters. The van der Waals surface area contributed by atoms with Crippen molar-refractivity contribution in [3.63, 3.8) is 0 Å². The van der Waals surface area contributed by atoms with Crippen LogP contribution in [0.2, 0.25) is 0 Å². The van der Waals surface area contributed by atoms with E-state index in [1.54, 1.807) is 24.3 Å². The monoisotopic (exact) mass is 191 g/mol. The van der Waals surface area contributed by atoms with E-state index < -0.39 is 10.7 Å². The Morgan fingerprint density at radius 1 is 1.50 bits per heavy atom. The third-order valence-electron chi connectivity index (χ3n) is 2.31. The largest absolute Gasteiger partial charge is 0.496 e. The van der Waals surface area contributed by atoms with E-state index in [2.05, 4.69) is 5.10 Å². The lowest BCUT2D eigenvalue weighted by molar-refractivity contribution is -0.262. The minimum absolute atomic E-state index is 0.229. The molecule has 0 radical (unpaired) electrons. The van der Waals surface area contributed by atoms with Gasteiger partial charge >= 0.3 is 0 Å². The van der Waals surface area contributed by atoms with Gasteiger partial charge in [0.05, 0.1) is 5.56 Å². The molecule has 0 saturated carbocycles. The summed E-state index contributed by atoms with van der Waals surface area (Å²) in [7, 11) is 1.42. The van der Waals surface area contributed by atoms with Crippen LogP contribution in [0.1, 0.15) is 5.56 Å². The second-order valence-electron chi connectivity index (χ2n) is 3.23. The van der Waals surface area contributed by atoms with Crippen LogP contribution in [0.5, 0.6) is 0 Å². The molecule has 0 aromatic heterocycles. The van der Waals surface area contributed by atoms with E-state index in [9.17, 15) is 9.90 Å². The van der Waals surface area contributed by atoms with Crippen molar-refractivity contribution in [2.45, 2.75) is 0 Å². The van der Waals surface area contributed by atoms with Crippen molar-refractivity contribution in [1.29, 1.82) is 0 Å². The zero-order valence-corrected chi connectivity index (χ0v) is 7.60. The fourth-order valence-electron chi connectivity index (χ4n) is 1.53. The number of fused-ring (bicyclic) bond motifs is 1. The van der Waals surface area contributed by atoms with Gasteiger partial charge in [0.1, 0.15) is 7.05 Å². The van der Waals surface area contributed by atoms with Gasteiger partial charge in [-0.05, 0) is 6.07 Å². The number of carbonyl (C=O) groups is 1. The number of carboxylic acid groups (broad SMARTS) is 1. The molecule has 1 aromatic rings. The molecule has 5 nitrogen and oxygen atoms in total. The van der Waals surface area contributed by atoms with Crippen molar-refractivity contribution in [2.24, 2.45) is 10.8 Å². The van der Waals surface area contributed by atoms with Crippen molar-refractivity contribution in [2.75, 3.05) is 7.05 Å². The Kier molecular flexibility index (Phi) is 1.59. The second-order valence-corrected chi connectivity index (χ2v) is 3.23. The first kappa shape index (κ1) is 8.71. The normalized spacial score (nSPS) is 24.2. The van der Waals surface area contributed by atoms with Crippen LogP contribution in [0.15, 0.2) is 29.4 Å². The SMILES string of the molecule is C[N@+]1(C(=O)[O-])N=C(N)c2ccccc21. The van der Waals surface area contributed by atoms with E-state index in [-0.39, 0.29) is 5.84 Å². The number of quaternary nitrogens is 1. The molecule has 1 aromatic carbocycles. The third kappa shape index (κ3) is 0.928. The summed E-state index contributed by atoms with van der Waals surface area (Å²) in [5.74, 6) is 0.229. The summed E-state index contributed by atoms with van der Waals surface area (Å²) in [5.41, 5.74) is 6.79. The highest BCUT2D eigenvalue weighted by Crippen LogP contribution is 2.31. The molecule has 1 amide bonds. The predicted molar refractivity (Wildman–Crippen MR) is 50.3 cm³/mol. The van der Waals surface area contributed by atoms with E-state index >= 15 is 0 Å². The fourth-order valence-corrected chi connectivity index (χ4v) is 1.53. The van der Waals surface area contributed by atoms with E-state index in [0.29, 0.717) is 11.3 Å². The first-order valence-electron chi connectivity index (χ1n) is 4.09. The summed E-state index contributed by atoms with van der Waals surface area (Å²) in [6, 6.07) is 6.94. The summed E-state index contributed by atoms with van der Waals surface area (Å²) in [4.78, 5) is 10.9. The van der Waals surface area contributed by atoms with Gasteiger partial charge in [-0.3, -0.25) is 0 Å². The number of nitrogens with two attached hydrogens (primary N) is 1. The molecule has 1 atom stereocenters. The highest BCUT2D eigenvalue weighted by molar-refractivity contribution is 6.08. The zero-order chi connectivity index (χ0) is 10.3. The van der Waals surface area contributed by atoms with Gasteiger partial charge in [0.15, 0.2) is 11.5 Å². The number of amides is 1. The van der Waals surface area contributed by atoms with Gasteiger partial charge in [-0.2, -0.15) is 0 Å². The summed E-state index contributed by atoms with van der Waals surface area (Å²) in [5, 5.41) is 14.8. The minimum Gasteiger partial charge on any atom is -0.496 e. The van der Waals surface area contributed by atoms with Crippen LogP contribution in [0.3, 0.4) is 0 Å². The van der Waals surface area contributed by atoms with E-state index in [1.165, 1.54) is 7.05 Å². The highest BCUT2D eigenvalue weighted by atomic mass is 16.4. The number of amidine groups is 1. The molecule has 1 heterocycles. The standard InChI is InChI=1S/C9H9N3O2/c1-12(9(13)14)7-5-3-2-4-6(7)8(10)11-12/h2-5H,1H3,(H2-,10,11,13,14)/t12-/m0/s1. The summed E-state index contributed by atoms with van der Waals surface area (Å²) >= 11 is 0. The van der Waals surface area contributed by atoms with Gasteiger partial charge in [-0.1, -0.05) is 17.2 Å². The molecule has 2 rings (SSSR count). The van der Waals surface area contributed by atoms with Gasteiger partial charge < -0.3 is 15.6 Å². The van der Waals surface area contributed by atoms with Gasteiger partial charge in [-0.25, -0.2) is 0 Å². The molecular weight excluding hydrogens is 182 g/mol. The Balaban J connectivity index is 2.68. The lowest BCUT2D eigenvalue weighted by Crippen LogP contribution is -2.52. The molecule has 2 N–H and O–H groups in total. The molecular formula is C9H9N3O2. The first-order chi connectivity index (χ1) is 6.55. The van der Waals surface area contributed by atoms with Crippen LogP contribution in [0.4, 0.5) is 10.5 Å². The van der Waals surface area contributed by atoms with Crippen LogP contribution in [-0.4, -0.2) is 19.0 Å². The van der Waals surface area contributed by atoms with Gasteiger partial charge in [0, 0.05) is 6.07 Å². The molecule has 1 aliphatic heterocycles. The number of hydrogen-bond acceptors (Lipinski definition) is 4. The van der Waals surface area contributed by atoms with Crippen molar-refractivity contribution >= 4 is 17.6 Å². The first-order valence-corrected chi connectivity index (χ1v) is 4.09. The Morgan fingerprint density at radius 3 is 2.79 bits per heavy atom. The number of benzene rings is 1. The Hall–Kier alpha value is -1.88. The second kappa shape index (κ2) is 2.55. The maximum absolute atomic E-state index is 10.9. The van der Waals surface area contributed by atoms with Crippen molar-refractivity contribution in [3.8, 4) is 0 Å². The average Bonchev–Trinajstić information content (AvgIpc) is 2.42. The van der Waals surface area contributed by atoms with Crippen LogP contribution >= 0.6 is 0 Å². The predicted octanol–water partition coefficient (Wildman–Crippen LogP) is -0.399. The molecule has 0 aliphatic carbocycles. The number of nitrogens with zero attached hydrogens (tertiary/aromatic N) is 2. The van der Waals surface area contributed by atoms with Crippen molar-refractivity contribution in [3.05, 3.63) is 29.8 Å². The van der Waals surface area contributed by atoms with Gasteiger partial charge in [-0.15, -0.1) is 4.59 Å². The number of para-hydroxylation sites is 1. The van der Waals surface area contributed by atoms with Gasteiger partial charge in [0.2, 0.25) is 0 Å². The third-order valence-corrected chi connectivity index (χ3v) is 2.31. The smallest absolute Gasteiger partial charge is 0.290 e. The Bertz CT molecular complexity index is 441. The van der Waals surface area contributed by atoms with E-state index in [0.717, 1.165) is 0 Å². The summed E-state index contributed by atoms with van der Waals surface area (Å²) in [6.45, 7) is 0. The van der Waals surface area contributed by atoms with Crippen LogP contribution < -0.4 is 15.4 Å². The summed E-state index contributed by atoms with van der Waals surface area (Å²) < 4.78 is -0.637. The molecule has 72 valence electrons. The molecule has 1 aliphatic rings. The van der Waals surface area contributed by atoms with Crippen LogP contribution in [-0.2, 0) is 0 Å². The Labute approximate surface area is 80.7 Å². The number of hydrogen-bond donors (Lipinski definition) is 1. The molecule has 14 heavy (non-hydrogen) atoms. The Morgan fingerprint density at radius 2 is 2.14 bits per heavy atom. The maximum atomic E-state index is 10.9. The van der Waals surface area contributed by atoms with Gasteiger partial charge in [0.25, 0.3) is 6.09 Å². The van der Waals surface area contributed by atoms with Crippen LogP contribution in [0, 0.1) is 0 Å². The van der Waals surface area contributed by atoms with E-state index in [1.807, 2.05) is 0 Å². The van der Waals surface area contributed by atoms with Crippen molar-refractivity contribution < 1.29 is 9.90 Å². The maximum Gasteiger partial charge on any atom is 0.290 e. The summed E-state index contributed by atoms with van der Waals surface area (Å²) in [6.07, 6.45) is -1.29. The fraction of sp³-hybridized carbons (Fsp3) is 0.111. The zero-order valence-electron chi connectivity index (χ0n) is 7.60. The molecule has 0 saturated heterocycles. The van der Waals surface area contributed by atoms with E-state index in [4.69, 9.17) is 5.73 Å². The highest BCUT2D eigenvalue weighted by Gasteiger charge is 2.38. The lowest BCUT2D eigenvalue weighted by atomic mass is 10.1. The van der Waals surface area contributed by atoms with Crippen LogP contribution in [0.25, 0.3) is 0 Å². The molecule has 0 spiro atoms. The quantitative estimate of drug-likeness (QED) is 0.567. The average molecular weight is 191 g/mol. The topological polar surface area (TPSA) is 78.5 Å². The number of rotatable bonds is 0. The lowest BCUT2D eigenvalue weighted by Gasteiger charge is -2.22. The minimum atomic E-state index is -1.29. The molecule has 0 bridgehead atoms. The molecule has 0 fully saturated rings.